The van der Waals surface area contributed by atoms with E-state index in [2.05, 4.69) is 4.98 Å². The van der Waals surface area contributed by atoms with Crippen LogP contribution in [0.5, 0.6) is 0 Å². The second-order valence-corrected chi connectivity index (χ2v) is 7.22. The van der Waals surface area contributed by atoms with E-state index in [1.54, 1.807) is 48.5 Å². The Morgan fingerprint density at radius 3 is 2.33 bits per heavy atom. The van der Waals surface area contributed by atoms with Crippen LogP contribution >= 0.6 is 0 Å². The maximum atomic E-state index is 12.3. The van der Waals surface area contributed by atoms with Gasteiger partial charge in [0.05, 0.1) is 17.3 Å². The quantitative estimate of drug-likeness (QED) is 0.680. The summed E-state index contributed by atoms with van der Waals surface area (Å²) >= 11 is 0. The van der Waals surface area contributed by atoms with Crippen LogP contribution in [0, 0.1) is 0 Å². The Morgan fingerprint density at radius 1 is 1.08 bits per heavy atom. The van der Waals surface area contributed by atoms with Crippen molar-refractivity contribution in [3.05, 3.63) is 66.0 Å². The first kappa shape index (κ1) is 16.2. The van der Waals surface area contributed by atoms with E-state index >= 15 is 0 Å². The number of imidazole rings is 1. The van der Waals surface area contributed by atoms with Gasteiger partial charge in [0.15, 0.2) is 11.9 Å². The molecule has 0 fully saturated rings. The van der Waals surface area contributed by atoms with Crippen LogP contribution in [0.2, 0.25) is 0 Å². The molecule has 0 saturated heterocycles. The number of carbonyl (C=O) groups is 1. The fourth-order valence-corrected chi connectivity index (χ4v) is 3.59. The number of para-hydroxylation sites is 2. The Bertz CT molecular complexity index is 994. The third-order valence-corrected chi connectivity index (χ3v) is 4.54. The molecule has 0 bridgehead atoms. The number of aromatic nitrogens is 2. The van der Waals surface area contributed by atoms with E-state index in [0.717, 1.165) is 10.2 Å². The first-order valence-electron chi connectivity index (χ1n) is 7.28. The molecule has 124 valence electrons. The van der Waals surface area contributed by atoms with Crippen molar-refractivity contribution < 1.29 is 17.9 Å². The number of fused-ring (bicyclic) bond motifs is 1. The molecule has 2 aromatic carbocycles. The van der Waals surface area contributed by atoms with Crippen molar-refractivity contribution in [3.8, 4) is 0 Å². The predicted octanol–water partition coefficient (Wildman–Crippen LogP) is 2.50. The molecule has 1 heterocycles. The lowest BCUT2D eigenvalue weighted by Crippen LogP contribution is -2.20. The predicted molar refractivity (Wildman–Crippen MR) is 90.0 cm³/mol. The number of rotatable bonds is 4. The van der Waals surface area contributed by atoms with Crippen molar-refractivity contribution in [1.82, 2.24) is 8.96 Å². The third-order valence-electron chi connectivity index (χ3n) is 3.50. The highest BCUT2D eigenvalue weighted by atomic mass is 32.2. The highest BCUT2D eigenvalue weighted by Gasteiger charge is 2.28. The van der Waals surface area contributed by atoms with Gasteiger partial charge in [-0.2, -0.15) is 0 Å². The van der Waals surface area contributed by atoms with Gasteiger partial charge >= 0.3 is 5.97 Å². The molecule has 3 aromatic rings. The first-order chi connectivity index (χ1) is 11.4. The van der Waals surface area contributed by atoms with Gasteiger partial charge in [-0.1, -0.05) is 42.5 Å². The molecule has 0 saturated carbocycles. The standard InChI is InChI=1S/C17H16N2O4S/c1-12(20)23-16(13-8-4-3-5-9-13)17-18-14-10-6-7-11-15(14)19(17)24(2,21)22/h3-11,16H,1-2H3. The normalized spacial score (nSPS) is 12.9. The van der Waals surface area contributed by atoms with Gasteiger partial charge in [-0.15, -0.1) is 0 Å². The van der Waals surface area contributed by atoms with E-state index in [9.17, 15) is 13.2 Å². The highest BCUT2D eigenvalue weighted by Crippen LogP contribution is 2.29. The molecule has 6 nitrogen and oxygen atoms in total. The number of benzene rings is 2. The number of hydrogen-bond acceptors (Lipinski definition) is 5. The zero-order chi connectivity index (χ0) is 17.3. The molecule has 1 atom stereocenters. The summed E-state index contributed by atoms with van der Waals surface area (Å²) in [5.74, 6) is -0.365. The van der Waals surface area contributed by atoms with E-state index in [4.69, 9.17) is 4.74 Å². The van der Waals surface area contributed by atoms with E-state index in [1.807, 2.05) is 6.07 Å². The van der Waals surface area contributed by atoms with E-state index in [-0.39, 0.29) is 5.82 Å². The fraction of sp³-hybridized carbons (Fsp3) is 0.176. The lowest BCUT2D eigenvalue weighted by atomic mass is 10.1. The van der Waals surface area contributed by atoms with Crippen LogP contribution in [-0.4, -0.2) is 29.6 Å². The van der Waals surface area contributed by atoms with Gasteiger partial charge < -0.3 is 4.74 Å². The molecule has 0 spiro atoms. The van der Waals surface area contributed by atoms with Crippen molar-refractivity contribution >= 4 is 27.0 Å². The largest absolute Gasteiger partial charge is 0.449 e. The van der Waals surface area contributed by atoms with Gasteiger partial charge in [-0.3, -0.25) is 4.79 Å². The van der Waals surface area contributed by atoms with Crippen LogP contribution in [0.4, 0.5) is 0 Å². The van der Waals surface area contributed by atoms with E-state index in [0.29, 0.717) is 16.6 Å². The summed E-state index contributed by atoms with van der Waals surface area (Å²) in [6.07, 6.45) is 0.186. The molecule has 7 heteroatoms. The molecule has 0 aliphatic rings. The second kappa shape index (κ2) is 6.09. The Morgan fingerprint density at radius 2 is 1.71 bits per heavy atom. The summed E-state index contributed by atoms with van der Waals surface area (Å²) < 4.78 is 31.2. The number of carbonyl (C=O) groups excluding carboxylic acids is 1. The molecule has 3 rings (SSSR count). The molecule has 0 aliphatic heterocycles. The van der Waals surface area contributed by atoms with Crippen molar-refractivity contribution in [1.29, 1.82) is 0 Å². The molecule has 0 radical (unpaired) electrons. The second-order valence-electron chi connectivity index (χ2n) is 5.39. The summed E-state index contributed by atoms with van der Waals surface area (Å²) in [7, 11) is -3.64. The number of nitrogens with zero attached hydrogens (tertiary/aromatic N) is 2. The van der Waals surface area contributed by atoms with E-state index in [1.165, 1.54) is 6.92 Å². The van der Waals surface area contributed by atoms with Gasteiger partial charge in [0, 0.05) is 12.5 Å². The number of hydrogen-bond donors (Lipinski definition) is 0. The lowest BCUT2D eigenvalue weighted by Gasteiger charge is -2.18. The van der Waals surface area contributed by atoms with E-state index < -0.39 is 22.1 Å². The van der Waals surface area contributed by atoms with Crippen LogP contribution in [-0.2, 0) is 19.6 Å². The summed E-state index contributed by atoms with van der Waals surface area (Å²) in [6.45, 7) is 1.28. The molecule has 24 heavy (non-hydrogen) atoms. The van der Waals surface area contributed by atoms with Crippen LogP contribution in [0.15, 0.2) is 54.6 Å². The average Bonchev–Trinajstić information content (AvgIpc) is 2.92. The molecular formula is C17H16N2O4S. The van der Waals surface area contributed by atoms with Gasteiger partial charge in [0.25, 0.3) is 0 Å². The molecule has 0 N–H and O–H groups in total. The summed E-state index contributed by atoms with van der Waals surface area (Å²) in [6, 6.07) is 15.8. The van der Waals surface area contributed by atoms with Crippen molar-refractivity contribution in [2.45, 2.75) is 13.0 Å². The molecule has 1 unspecified atom stereocenters. The molecular weight excluding hydrogens is 328 g/mol. The molecule has 0 amide bonds. The molecule has 0 aliphatic carbocycles. The van der Waals surface area contributed by atoms with Gasteiger partial charge in [0.2, 0.25) is 10.0 Å². The van der Waals surface area contributed by atoms with Gasteiger partial charge in [0.1, 0.15) is 0 Å². The minimum atomic E-state index is -3.64. The lowest BCUT2D eigenvalue weighted by molar-refractivity contribution is -0.145. The number of esters is 1. The average molecular weight is 344 g/mol. The smallest absolute Gasteiger partial charge is 0.303 e. The third kappa shape index (κ3) is 3.03. The maximum absolute atomic E-state index is 12.3. The summed E-state index contributed by atoms with van der Waals surface area (Å²) in [4.78, 5) is 16.0. The Kier molecular flexibility index (Phi) is 4.11. The van der Waals surface area contributed by atoms with Crippen LogP contribution in [0.25, 0.3) is 11.0 Å². The zero-order valence-corrected chi connectivity index (χ0v) is 14.0. The Hall–Kier alpha value is -2.67. The maximum Gasteiger partial charge on any atom is 0.303 e. The van der Waals surface area contributed by atoms with Crippen LogP contribution < -0.4 is 0 Å². The van der Waals surface area contributed by atoms with Crippen LogP contribution in [0.1, 0.15) is 24.4 Å². The Labute approximate surface area is 139 Å². The SMILES string of the molecule is CC(=O)OC(c1ccccc1)c1nc2ccccc2n1S(C)(=O)=O. The minimum absolute atomic E-state index is 0.153. The number of ether oxygens (including phenoxy) is 1. The van der Waals surface area contributed by atoms with Crippen molar-refractivity contribution in [2.75, 3.05) is 6.26 Å². The zero-order valence-electron chi connectivity index (χ0n) is 13.2. The first-order valence-corrected chi connectivity index (χ1v) is 9.13. The monoisotopic (exact) mass is 344 g/mol. The Balaban J connectivity index is 2.30. The highest BCUT2D eigenvalue weighted by molar-refractivity contribution is 7.89. The van der Waals surface area contributed by atoms with Gasteiger partial charge in [-0.25, -0.2) is 17.4 Å². The van der Waals surface area contributed by atoms with Gasteiger partial charge in [-0.05, 0) is 12.1 Å². The minimum Gasteiger partial charge on any atom is -0.449 e. The van der Waals surface area contributed by atoms with Crippen molar-refractivity contribution in [3.63, 3.8) is 0 Å². The van der Waals surface area contributed by atoms with Crippen LogP contribution in [0.3, 0.4) is 0 Å². The summed E-state index contributed by atoms with van der Waals surface area (Å²) in [5.41, 5.74) is 1.61. The molecule has 1 aromatic heterocycles. The fourth-order valence-electron chi connectivity index (χ4n) is 2.60. The summed E-state index contributed by atoms with van der Waals surface area (Å²) in [5, 5.41) is 0. The topological polar surface area (TPSA) is 78.3 Å². The van der Waals surface area contributed by atoms with Crippen molar-refractivity contribution in [2.24, 2.45) is 0 Å².